The van der Waals surface area contributed by atoms with Gasteiger partial charge in [0.05, 0.1) is 30.0 Å². The van der Waals surface area contributed by atoms with E-state index in [2.05, 4.69) is 20.3 Å². The zero-order chi connectivity index (χ0) is 20.4. The highest BCUT2D eigenvalue weighted by Crippen LogP contribution is 2.19. The number of halogens is 1. The topological polar surface area (TPSA) is 112 Å². The Kier molecular flexibility index (Phi) is 5.18. The van der Waals surface area contributed by atoms with Crippen molar-refractivity contribution in [2.45, 2.75) is 33.2 Å². The van der Waals surface area contributed by atoms with E-state index in [1.807, 2.05) is 6.07 Å². The molecule has 0 spiro atoms. The molecule has 0 saturated heterocycles. The molecule has 1 amide bonds. The first-order chi connectivity index (χ1) is 13.3. The van der Waals surface area contributed by atoms with Gasteiger partial charge >= 0.3 is 0 Å². The minimum atomic E-state index is -0.454. The van der Waals surface area contributed by atoms with Crippen LogP contribution in [0.1, 0.15) is 41.2 Å². The molecule has 2 aromatic heterocycles. The van der Waals surface area contributed by atoms with E-state index < -0.39 is 11.9 Å². The molecular formula is C20H18FN5O2. The Morgan fingerprint density at radius 3 is 2.82 bits per heavy atom. The summed E-state index contributed by atoms with van der Waals surface area (Å²) >= 11 is 0. The molecule has 1 aromatic carbocycles. The van der Waals surface area contributed by atoms with Crippen molar-refractivity contribution in [3.8, 4) is 6.07 Å². The van der Waals surface area contributed by atoms with Gasteiger partial charge < -0.3 is 10.3 Å². The number of benzene rings is 1. The van der Waals surface area contributed by atoms with Crippen LogP contribution >= 0.6 is 0 Å². The molecule has 0 radical (unpaired) electrons. The van der Waals surface area contributed by atoms with Crippen molar-refractivity contribution in [2.75, 3.05) is 0 Å². The molecule has 0 unspecified atom stereocenters. The average molecular weight is 379 g/mol. The van der Waals surface area contributed by atoms with Crippen molar-refractivity contribution in [1.82, 2.24) is 20.3 Å². The molecule has 3 aromatic rings. The van der Waals surface area contributed by atoms with Crippen molar-refractivity contribution in [1.29, 1.82) is 5.26 Å². The van der Waals surface area contributed by atoms with E-state index in [1.165, 1.54) is 24.4 Å². The third-order valence-electron chi connectivity index (χ3n) is 4.58. The highest BCUT2D eigenvalue weighted by atomic mass is 19.1. The SMILES string of the molecule is Cc1nc(C#N)cnc1[C@@H](C)NC(=O)Cc1c(C)c2cc(F)ccc2[nH]c1=O. The predicted octanol–water partition coefficient (Wildman–Crippen LogP) is 2.37. The first-order valence-electron chi connectivity index (χ1n) is 8.64. The van der Waals surface area contributed by atoms with Crippen LogP contribution in [0.15, 0.2) is 29.2 Å². The summed E-state index contributed by atoms with van der Waals surface area (Å²) < 4.78 is 13.6. The Morgan fingerprint density at radius 1 is 1.39 bits per heavy atom. The Bertz CT molecular complexity index is 1180. The van der Waals surface area contributed by atoms with E-state index in [9.17, 15) is 14.0 Å². The second-order valence-electron chi connectivity index (χ2n) is 6.55. The number of nitriles is 1. The van der Waals surface area contributed by atoms with Crippen LogP contribution in [-0.2, 0) is 11.2 Å². The Balaban J connectivity index is 1.83. The molecule has 2 N–H and O–H groups in total. The number of nitrogens with zero attached hydrogens (tertiary/aromatic N) is 3. The van der Waals surface area contributed by atoms with Gasteiger partial charge in [0, 0.05) is 16.5 Å². The number of aryl methyl sites for hydroxylation is 2. The lowest BCUT2D eigenvalue weighted by molar-refractivity contribution is -0.121. The van der Waals surface area contributed by atoms with Crippen LogP contribution < -0.4 is 10.9 Å². The molecular weight excluding hydrogens is 361 g/mol. The molecule has 0 fully saturated rings. The molecule has 0 aliphatic rings. The Labute approximate surface area is 160 Å². The van der Waals surface area contributed by atoms with Gasteiger partial charge in [-0.2, -0.15) is 5.26 Å². The van der Waals surface area contributed by atoms with Gasteiger partial charge in [-0.15, -0.1) is 0 Å². The molecule has 2 heterocycles. The van der Waals surface area contributed by atoms with Crippen LogP contribution in [-0.4, -0.2) is 20.9 Å². The highest BCUT2D eigenvalue weighted by molar-refractivity contribution is 5.85. The zero-order valence-corrected chi connectivity index (χ0v) is 15.6. The van der Waals surface area contributed by atoms with Crippen LogP contribution in [0.25, 0.3) is 10.9 Å². The summed E-state index contributed by atoms with van der Waals surface area (Å²) in [6, 6.07) is 5.56. The summed E-state index contributed by atoms with van der Waals surface area (Å²) in [7, 11) is 0. The van der Waals surface area contributed by atoms with Crippen LogP contribution in [0.3, 0.4) is 0 Å². The van der Waals surface area contributed by atoms with E-state index in [1.54, 1.807) is 20.8 Å². The van der Waals surface area contributed by atoms with Crippen LogP contribution in [0, 0.1) is 31.0 Å². The Morgan fingerprint density at radius 2 is 2.14 bits per heavy atom. The maximum absolute atomic E-state index is 13.6. The number of hydrogen-bond donors (Lipinski definition) is 2. The van der Waals surface area contributed by atoms with E-state index in [0.29, 0.717) is 27.9 Å². The maximum Gasteiger partial charge on any atom is 0.252 e. The average Bonchev–Trinajstić information content (AvgIpc) is 2.65. The lowest BCUT2D eigenvalue weighted by Gasteiger charge is -2.16. The normalized spacial score (nSPS) is 11.8. The monoisotopic (exact) mass is 379 g/mol. The number of amides is 1. The van der Waals surface area contributed by atoms with Crippen molar-refractivity contribution in [3.05, 3.63) is 68.8 Å². The molecule has 0 aliphatic carbocycles. The van der Waals surface area contributed by atoms with Gasteiger partial charge in [-0.25, -0.2) is 9.37 Å². The molecule has 8 heteroatoms. The molecule has 3 rings (SSSR count). The van der Waals surface area contributed by atoms with Gasteiger partial charge in [0.2, 0.25) is 5.91 Å². The number of fused-ring (bicyclic) bond motifs is 1. The highest BCUT2D eigenvalue weighted by Gasteiger charge is 2.18. The summed E-state index contributed by atoms with van der Waals surface area (Å²) in [5.74, 6) is -0.788. The van der Waals surface area contributed by atoms with E-state index in [-0.39, 0.29) is 29.1 Å². The van der Waals surface area contributed by atoms with Gasteiger partial charge in [-0.1, -0.05) is 0 Å². The number of nitrogens with one attached hydrogen (secondary N) is 2. The molecule has 1 atom stereocenters. The number of carbonyl (C=O) groups excluding carboxylic acids is 1. The summed E-state index contributed by atoms with van der Waals surface area (Å²) in [4.78, 5) is 35.9. The number of hydrogen-bond acceptors (Lipinski definition) is 5. The predicted molar refractivity (Wildman–Crippen MR) is 101 cm³/mol. The third-order valence-corrected chi connectivity index (χ3v) is 4.58. The first kappa shape index (κ1) is 19.2. The summed E-state index contributed by atoms with van der Waals surface area (Å²) in [6.07, 6.45) is 1.19. The standard InChI is InChI=1S/C20H18FN5O2/c1-10-15-6-13(21)4-5-17(15)26-20(28)16(10)7-18(27)25-12(3)19-11(2)24-14(8-22)9-23-19/h4-6,9,12H,7H2,1-3H3,(H,25,27)(H,26,28)/t12-/m1/s1. The second kappa shape index (κ2) is 7.56. The van der Waals surface area contributed by atoms with Crippen molar-refractivity contribution >= 4 is 16.8 Å². The molecule has 0 aliphatic heterocycles. The van der Waals surface area contributed by atoms with Gasteiger partial charge in [-0.3, -0.25) is 14.6 Å². The van der Waals surface area contributed by atoms with Crippen LogP contribution in [0.2, 0.25) is 0 Å². The summed E-state index contributed by atoms with van der Waals surface area (Å²) in [5, 5.41) is 12.2. The fraction of sp³-hybridized carbons (Fsp3) is 0.250. The van der Waals surface area contributed by atoms with E-state index in [0.717, 1.165) is 0 Å². The number of carbonyl (C=O) groups is 1. The Hall–Kier alpha value is -3.60. The fourth-order valence-electron chi connectivity index (χ4n) is 3.17. The molecule has 7 nitrogen and oxygen atoms in total. The minimum absolute atomic E-state index is 0.152. The smallest absolute Gasteiger partial charge is 0.252 e. The number of rotatable bonds is 4. The van der Waals surface area contributed by atoms with Crippen molar-refractivity contribution in [2.24, 2.45) is 0 Å². The maximum atomic E-state index is 13.6. The van der Waals surface area contributed by atoms with Crippen molar-refractivity contribution < 1.29 is 9.18 Å². The molecule has 142 valence electrons. The quantitative estimate of drug-likeness (QED) is 0.723. The lowest BCUT2D eigenvalue weighted by Crippen LogP contribution is -2.31. The van der Waals surface area contributed by atoms with Gasteiger partial charge in [-0.05, 0) is 44.5 Å². The number of aromatic amines is 1. The largest absolute Gasteiger partial charge is 0.348 e. The van der Waals surface area contributed by atoms with Gasteiger partial charge in [0.25, 0.3) is 5.56 Å². The summed E-state index contributed by atoms with van der Waals surface area (Å²) in [5.41, 5.74) is 2.27. The van der Waals surface area contributed by atoms with Crippen LogP contribution in [0.5, 0.6) is 0 Å². The zero-order valence-electron chi connectivity index (χ0n) is 15.6. The minimum Gasteiger partial charge on any atom is -0.348 e. The second-order valence-corrected chi connectivity index (χ2v) is 6.55. The third kappa shape index (κ3) is 3.74. The van der Waals surface area contributed by atoms with Crippen molar-refractivity contribution in [3.63, 3.8) is 0 Å². The van der Waals surface area contributed by atoms with Crippen LogP contribution in [0.4, 0.5) is 4.39 Å². The molecule has 28 heavy (non-hydrogen) atoms. The van der Waals surface area contributed by atoms with E-state index in [4.69, 9.17) is 5.26 Å². The molecule has 0 bridgehead atoms. The number of pyridine rings is 1. The summed E-state index contributed by atoms with van der Waals surface area (Å²) in [6.45, 7) is 5.14. The first-order valence-corrected chi connectivity index (χ1v) is 8.64. The fourth-order valence-corrected chi connectivity index (χ4v) is 3.17. The number of aromatic nitrogens is 3. The van der Waals surface area contributed by atoms with Gasteiger partial charge in [0.1, 0.15) is 11.9 Å². The lowest BCUT2D eigenvalue weighted by atomic mass is 10.0. The van der Waals surface area contributed by atoms with Gasteiger partial charge in [0.15, 0.2) is 5.69 Å². The number of H-pyrrole nitrogens is 1. The molecule has 0 saturated carbocycles. The van der Waals surface area contributed by atoms with E-state index >= 15 is 0 Å².